The summed E-state index contributed by atoms with van der Waals surface area (Å²) in [5, 5.41) is 3.37. The first-order valence-electron chi connectivity index (χ1n) is 8.63. The SMILES string of the molecule is C=CNC(C(=C)N(C)C(C(C)CC)C(CC)CC)C(C)C. The Labute approximate surface area is 133 Å². The lowest BCUT2D eigenvalue weighted by Gasteiger charge is -2.43. The first-order valence-corrected chi connectivity index (χ1v) is 8.63. The van der Waals surface area contributed by atoms with Gasteiger partial charge >= 0.3 is 0 Å². The lowest BCUT2D eigenvalue weighted by molar-refractivity contribution is 0.133. The summed E-state index contributed by atoms with van der Waals surface area (Å²) in [7, 11) is 2.22. The summed E-state index contributed by atoms with van der Waals surface area (Å²) in [5.41, 5.74) is 1.18. The molecular weight excluding hydrogens is 256 g/mol. The van der Waals surface area contributed by atoms with Gasteiger partial charge in [0.15, 0.2) is 0 Å². The summed E-state index contributed by atoms with van der Waals surface area (Å²) in [6.45, 7) is 22.0. The third-order valence-electron chi connectivity index (χ3n) is 4.98. The van der Waals surface area contributed by atoms with Crippen LogP contribution in [-0.2, 0) is 0 Å². The average molecular weight is 295 g/mol. The largest absolute Gasteiger partial charge is 0.383 e. The van der Waals surface area contributed by atoms with Gasteiger partial charge in [-0.3, -0.25) is 0 Å². The minimum Gasteiger partial charge on any atom is -0.383 e. The summed E-state index contributed by atoms with van der Waals surface area (Å²) < 4.78 is 0. The van der Waals surface area contributed by atoms with Gasteiger partial charge in [0, 0.05) is 18.8 Å². The highest BCUT2D eigenvalue weighted by atomic mass is 15.2. The molecule has 0 aromatic heterocycles. The van der Waals surface area contributed by atoms with Crippen LogP contribution in [0.3, 0.4) is 0 Å². The normalized spacial score (nSPS) is 15.7. The van der Waals surface area contributed by atoms with Crippen LogP contribution in [0.5, 0.6) is 0 Å². The van der Waals surface area contributed by atoms with Crippen LogP contribution in [-0.4, -0.2) is 24.0 Å². The molecular formula is C19H38N2. The van der Waals surface area contributed by atoms with Crippen molar-refractivity contribution in [2.75, 3.05) is 7.05 Å². The van der Waals surface area contributed by atoms with Crippen LogP contribution in [0.1, 0.15) is 60.8 Å². The Morgan fingerprint density at radius 1 is 1.10 bits per heavy atom. The monoisotopic (exact) mass is 294 g/mol. The molecule has 0 radical (unpaired) electrons. The van der Waals surface area contributed by atoms with Gasteiger partial charge in [0.25, 0.3) is 0 Å². The van der Waals surface area contributed by atoms with Crippen LogP contribution in [0.4, 0.5) is 0 Å². The van der Waals surface area contributed by atoms with Crippen molar-refractivity contribution in [3.8, 4) is 0 Å². The van der Waals surface area contributed by atoms with Crippen molar-refractivity contribution in [2.24, 2.45) is 17.8 Å². The maximum Gasteiger partial charge on any atom is 0.0673 e. The zero-order chi connectivity index (χ0) is 16.6. The van der Waals surface area contributed by atoms with Gasteiger partial charge < -0.3 is 10.2 Å². The topological polar surface area (TPSA) is 15.3 Å². The Morgan fingerprint density at radius 2 is 1.62 bits per heavy atom. The van der Waals surface area contributed by atoms with Gasteiger partial charge in [-0.25, -0.2) is 0 Å². The fourth-order valence-corrected chi connectivity index (χ4v) is 3.39. The zero-order valence-electron chi connectivity index (χ0n) is 15.4. The van der Waals surface area contributed by atoms with Crippen LogP contribution in [0.2, 0.25) is 0 Å². The molecule has 0 saturated heterocycles. The van der Waals surface area contributed by atoms with Crippen molar-refractivity contribution in [2.45, 2.75) is 72.9 Å². The second-order valence-electron chi connectivity index (χ2n) is 6.65. The molecule has 3 atom stereocenters. The minimum atomic E-state index is 0.258. The van der Waals surface area contributed by atoms with Gasteiger partial charge in [-0.1, -0.05) is 74.0 Å². The molecule has 0 fully saturated rings. The maximum atomic E-state index is 4.40. The molecule has 2 nitrogen and oxygen atoms in total. The molecule has 124 valence electrons. The van der Waals surface area contributed by atoms with Crippen LogP contribution in [0, 0.1) is 17.8 Å². The molecule has 0 aromatic carbocycles. The van der Waals surface area contributed by atoms with Crippen molar-refractivity contribution >= 4 is 0 Å². The summed E-state index contributed by atoms with van der Waals surface area (Å²) in [5.74, 6) is 1.89. The fraction of sp³-hybridized carbons (Fsp3) is 0.789. The van der Waals surface area contributed by atoms with E-state index in [0.717, 1.165) is 5.92 Å². The number of likely N-dealkylation sites (N-methyl/N-ethyl adjacent to an activating group) is 1. The van der Waals surface area contributed by atoms with Gasteiger partial charge in [0.2, 0.25) is 0 Å². The molecule has 0 amide bonds. The predicted molar refractivity (Wildman–Crippen MR) is 96.2 cm³/mol. The third-order valence-corrected chi connectivity index (χ3v) is 4.98. The van der Waals surface area contributed by atoms with Gasteiger partial charge in [-0.2, -0.15) is 0 Å². The smallest absolute Gasteiger partial charge is 0.0673 e. The summed E-state index contributed by atoms with van der Waals surface area (Å²) in [6.07, 6.45) is 5.45. The molecule has 0 spiro atoms. The van der Waals surface area contributed by atoms with E-state index in [2.05, 4.69) is 72.0 Å². The van der Waals surface area contributed by atoms with Gasteiger partial charge in [0.05, 0.1) is 6.04 Å². The van der Waals surface area contributed by atoms with Gasteiger partial charge in [-0.05, 0) is 24.0 Å². The zero-order valence-corrected chi connectivity index (χ0v) is 15.4. The first kappa shape index (κ1) is 20.1. The van der Waals surface area contributed by atoms with E-state index in [1.807, 2.05) is 0 Å². The Morgan fingerprint density at radius 3 is 1.95 bits per heavy atom. The molecule has 3 unspecified atom stereocenters. The number of nitrogens with one attached hydrogen (secondary N) is 1. The van der Waals surface area contributed by atoms with Gasteiger partial charge in [-0.15, -0.1) is 0 Å². The van der Waals surface area contributed by atoms with E-state index in [1.165, 1.54) is 25.0 Å². The van der Waals surface area contributed by atoms with Crippen LogP contribution in [0.25, 0.3) is 0 Å². The molecule has 0 aliphatic rings. The van der Waals surface area contributed by atoms with E-state index < -0.39 is 0 Å². The van der Waals surface area contributed by atoms with Crippen molar-refractivity contribution in [3.63, 3.8) is 0 Å². The highest BCUT2D eigenvalue weighted by molar-refractivity contribution is 5.09. The summed E-state index contributed by atoms with van der Waals surface area (Å²) in [4.78, 5) is 2.44. The van der Waals surface area contributed by atoms with Crippen molar-refractivity contribution in [3.05, 3.63) is 25.1 Å². The van der Waals surface area contributed by atoms with Gasteiger partial charge in [0.1, 0.15) is 0 Å². The average Bonchev–Trinajstić information content (AvgIpc) is 2.47. The van der Waals surface area contributed by atoms with E-state index in [9.17, 15) is 0 Å². The summed E-state index contributed by atoms with van der Waals surface area (Å²) >= 11 is 0. The van der Waals surface area contributed by atoms with Crippen molar-refractivity contribution in [1.82, 2.24) is 10.2 Å². The fourth-order valence-electron chi connectivity index (χ4n) is 3.39. The second kappa shape index (κ2) is 9.92. The maximum absolute atomic E-state index is 4.40. The highest BCUT2D eigenvalue weighted by Gasteiger charge is 2.30. The van der Waals surface area contributed by atoms with Crippen LogP contribution < -0.4 is 5.32 Å². The molecule has 0 bridgehead atoms. The van der Waals surface area contributed by atoms with E-state index >= 15 is 0 Å². The molecule has 0 rings (SSSR count). The molecule has 0 aromatic rings. The third kappa shape index (κ3) is 5.41. The number of hydrogen-bond acceptors (Lipinski definition) is 2. The van der Waals surface area contributed by atoms with E-state index in [-0.39, 0.29) is 6.04 Å². The lowest BCUT2D eigenvalue weighted by Crippen LogP contribution is -2.47. The van der Waals surface area contributed by atoms with Crippen molar-refractivity contribution < 1.29 is 0 Å². The lowest BCUT2D eigenvalue weighted by atomic mass is 9.82. The Kier molecular flexibility index (Phi) is 9.48. The molecule has 0 aliphatic heterocycles. The molecule has 0 aliphatic carbocycles. The second-order valence-corrected chi connectivity index (χ2v) is 6.65. The molecule has 0 saturated carbocycles. The number of rotatable bonds is 11. The first-order chi connectivity index (χ1) is 9.85. The molecule has 2 heteroatoms. The van der Waals surface area contributed by atoms with Crippen molar-refractivity contribution in [1.29, 1.82) is 0 Å². The Bertz CT molecular complexity index is 305. The van der Waals surface area contributed by atoms with E-state index in [0.29, 0.717) is 17.9 Å². The van der Waals surface area contributed by atoms with E-state index in [1.54, 1.807) is 6.20 Å². The highest BCUT2D eigenvalue weighted by Crippen LogP contribution is 2.30. The Balaban J connectivity index is 5.29. The summed E-state index contributed by atoms with van der Waals surface area (Å²) in [6, 6.07) is 0.818. The quantitative estimate of drug-likeness (QED) is 0.574. The minimum absolute atomic E-state index is 0.258. The predicted octanol–water partition coefficient (Wildman–Crippen LogP) is 5.04. The van der Waals surface area contributed by atoms with Crippen LogP contribution in [0.15, 0.2) is 25.1 Å². The molecule has 1 N–H and O–H groups in total. The molecule has 21 heavy (non-hydrogen) atoms. The number of nitrogens with zero attached hydrogens (tertiary/aromatic N) is 1. The van der Waals surface area contributed by atoms with E-state index in [4.69, 9.17) is 0 Å². The standard InChI is InChI=1S/C19H38N2/c1-10-15(7)19(17(11-2)12-3)21(9)16(8)18(14(5)6)20-13-4/h13-15,17-20H,4,8,10-12H2,1-3,5-7,9H3. The number of hydrogen-bond donors (Lipinski definition) is 1. The molecule has 0 heterocycles. The van der Waals surface area contributed by atoms with Crippen LogP contribution >= 0.6 is 0 Å². The Hall–Kier alpha value is -0.920.